The Morgan fingerprint density at radius 3 is 2.42 bits per heavy atom. The van der Waals surface area contributed by atoms with Crippen molar-refractivity contribution in [3.63, 3.8) is 0 Å². The van der Waals surface area contributed by atoms with Crippen LogP contribution in [0.3, 0.4) is 0 Å². The Morgan fingerprint density at radius 1 is 1.03 bits per heavy atom. The van der Waals surface area contributed by atoms with Crippen LogP contribution in [0.2, 0.25) is 0 Å². The van der Waals surface area contributed by atoms with Crippen molar-refractivity contribution in [1.29, 1.82) is 0 Å². The van der Waals surface area contributed by atoms with E-state index in [1.54, 1.807) is 0 Å². The summed E-state index contributed by atoms with van der Waals surface area (Å²) >= 11 is 0. The number of rotatable bonds is 9. The first-order chi connectivity index (χ1) is 14.8. The fourth-order valence-electron chi connectivity index (χ4n) is 3.84. The van der Waals surface area contributed by atoms with Gasteiger partial charge in [-0.15, -0.1) is 24.0 Å². The predicted octanol–water partition coefficient (Wildman–Crippen LogP) is 4.38. The van der Waals surface area contributed by atoms with E-state index in [1.807, 2.05) is 12.3 Å². The molecule has 0 radical (unpaired) electrons. The largest absolute Gasteiger partial charge is 0.357 e. The van der Waals surface area contributed by atoms with Crippen molar-refractivity contribution in [3.05, 3.63) is 90.0 Å². The van der Waals surface area contributed by atoms with Gasteiger partial charge in [0.05, 0.1) is 6.54 Å². The second-order valence-corrected chi connectivity index (χ2v) is 7.98. The Bertz CT molecular complexity index is 948. The lowest BCUT2D eigenvalue weighted by molar-refractivity contribution is 0.678. The van der Waals surface area contributed by atoms with Gasteiger partial charge in [-0.25, -0.2) is 4.98 Å². The zero-order valence-corrected chi connectivity index (χ0v) is 20.5. The summed E-state index contributed by atoms with van der Waals surface area (Å²) in [6.07, 6.45) is 7.23. The summed E-state index contributed by atoms with van der Waals surface area (Å²) in [5, 5.41) is 6.87. The van der Waals surface area contributed by atoms with Crippen LogP contribution in [0, 0.1) is 0 Å². The van der Waals surface area contributed by atoms with Gasteiger partial charge in [-0.1, -0.05) is 60.7 Å². The molecule has 4 rings (SSSR count). The Morgan fingerprint density at radius 2 is 1.74 bits per heavy atom. The molecule has 0 amide bonds. The van der Waals surface area contributed by atoms with Crippen molar-refractivity contribution in [1.82, 2.24) is 20.2 Å². The lowest BCUT2D eigenvalue weighted by Crippen LogP contribution is -2.39. The van der Waals surface area contributed by atoms with Crippen LogP contribution in [0.5, 0.6) is 0 Å². The zero-order chi connectivity index (χ0) is 20.7. The lowest BCUT2D eigenvalue weighted by Gasteiger charge is -2.16. The van der Waals surface area contributed by atoms with Crippen LogP contribution < -0.4 is 10.6 Å². The molecule has 2 N–H and O–H groups in total. The molecule has 0 spiro atoms. The average molecular weight is 529 g/mol. The van der Waals surface area contributed by atoms with Crippen molar-refractivity contribution in [2.75, 3.05) is 19.6 Å². The molecular weight excluding hydrogens is 497 g/mol. The molecule has 3 aromatic rings. The van der Waals surface area contributed by atoms with E-state index in [1.165, 1.54) is 24.0 Å². The van der Waals surface area contributed by atoms with Crippen LogP contribution in [0.25, 0.3) is 0 Å². The number of imidazole rings is 1. The number of hydrogen-bond donors (Lipinski definition) is 2. The predicted molar refractivity (Wildman–Crippen MR) is 138 cm³/mol. The lowest BCUT2D eigenvalue weighted by atomic mass is 9.96. The second kappa shape index (κ2) is 11.3. The maximum absolute atomic E-state index is 4.90. The van der Waals surface area contributed by atoms with Gasteiger partial charge in [0.1, 0.15) is 5.82 Å². The number of hydrogen-bond acceptors (Lipinski definition) is 2. The average Bonchev–Trinajstić information content (AvgIpc) is 3.47. The molecule has 6 heteroatoms. The van der Waals surface area contributed by atoms with Gasteiger partial charge < -0.3 is 15.2 Å². The van der Waals surface area contributed by atoms with E-state index in [-0.39, 0.29) is 29.4 Å². The normalized spacial score (nSPS) is 14.5. The Balaban J connectivity index is 0.00000272. The van der Waals surface area contributed by atoms with Gasteiger partial charge in [0, 0.05) is 43.9 Å². The first kappa shape index (κ1) is 23.3. The molecule has 0 unspecified atom stereocenters. The van der Waals surface area contributed by atoms with E-state index in [2.05, 4.69) is 87.9 Å². The third-order valence-electron chi connectivity index (χ3n) is 5.76. The Labute approximate surface area is 202 Å². The van der Waals surface area contributed by atoms with Gasteiger partial charge in [0.15, 0.2) is 5.96 Å². The van der Waals surface area contributed by atoms with Crippen molar-refractivity contribution >= 4 is 29.9 Å². The summed E-state index contributed by atoms with van der Waals surface area (Å²) in [4.78, 5) is 9.45. The van der Waals surface area contributed by atoms with Gasteiger partial charge in [-0.3, -0.25) is 4.99 Å². The molecule has 2 aromatic carbocycles. The number of nitrogens with one attached hydrogen (secondary N) is 2. The number of benzene rings is 2. The molecule has 31 heavy (non-hydrogen) atoms. The third kappa shape index (κ3) is 6.32. The van der Waals surface area contributed by atoms with Crippen molar-refractivity contribution < 1.29 is 0 Å². The van der Waals surface area contributed by atoms with Crippen LogP contribution >= 0.6 is 24.0 Å². The van der Waals surface area contributed by atoms with Crippen LogP contribution in [0.1, 0.15) is 36.7 Å². The van der Waals surface area contributed by atoms with E-state index >= 15 is 0 Å². The summed E-state index contributed by atoms with van der Waals surface area (Å²) in [7, 11) is 0. The summed E-state index contributed by atoms with van der Waals surface area (Å²) < 4.78 is 2.22. The fourth-order valence-corrected chi connectivity index (χ4v) is 3.84. The van der Waals surface area contributed by atoms with Gasteiger partial charge in [-0.05, 0) is 30.9 Å². The fraction of sp³-hybridized carbons (Fsp3) is 0.360. The Hall–Kier alpha value is -2.35. The summed E-state index contributed by atoms with van der Waals surface area (Å²) in [6.45, 7) is 5.44. The summed E-state index contributed by atoms with van der Waals surface area (Å²) in [5.74, 6) is 1.98. The highest BCUT2D eigenvalue weighted by atomic mass is 127. The second-order valence-electron chi connectivity index (χ2n) is 7.98. The molecule has 0 saturated heterocycles. The SMILES string of the molecule is CCNC(=NCC1(c2ccccc2)CC1)NCCc1nccn1Cc1ccccc1.I. The smallest absolute Gasteiger partial charge is 0.191 e. The zero-order valence-electron chi connectivity index (χ0n) is 18.1. The molecule has 164 valence electrons. The van der Waals surface area contributed by atoms with Gasteiger partial charge in [-0.2, -0.15) is 0 Å². The van der Waals surface area contributed by atoms with Gasteiger partial charge in [0.2, 0.25) is 0 Å². The molecule has 1 aliphatic carbocycles. The molecule has 0 atom stereocenters. The van der Waals surface area contributed by atoms with Crippen molar-refractivity contribution in [3.8, 4) is 0 Å². The molecule has 1 fully saturated rings. The molecule has 1 heterocycles. The molecule has 5 nitrogen and oxygen atoms in total. The van der Waals surface area contributed by atoms with Crippen molar-refractivity contribution in [2.24, 2.45) is 4.99 Å². The van der Waals surface area contributed by atoms with Crippen LogP contribution in [-0.2, 0) is 18.4 Å². The van der Waals surface area contributed by atoms with Crippen LogP contribution in [0.15, 0.2) is 78.0 Å². The monoisotopic (exact) mass is 529 g/mol. The number of aliphatic imine (C=N–C) groups is 1. The third-order valence-corrected chi connectivity index (χ3v) is 5.76. The maximum Gasteiger partial charge on any atom is 0.191 e. The van der Waals surface area contributed by atoms with Crippen LogP contribution in [-0.4, -0.2) is 35.1 Å². The van der Waals surface area contributed by atoms with Crippen molar-refractivity contribution in [2.45, 2.75) is 38.1 Å². The number of guanidine groups is 1. The highest BCUT2D eigenvalue weighted by Gasteiger charge is 2.43. The summed E-state index contributed by atoms with van der Waals surface area (Å²) in [5.41, 5.74) is 2.93. The minimum absolute atomic E-state index is 0. The quantitative estimate of drug-likeness (QED) is 0.246. The molecular formula is C25H32IN5. The first-order valence-corrected chi connectivity index (χ1v) is 10.9. The van der Waals surface area contributed by atoms with E-state index in [9.17, 15) is 0 Å². The standard InChI is InChI=1S/C25H31N5.HI/c1-2-26-24(29-20-25(14-15-25)22-11-7-4-8-12-22)28-16-13-23-27-17-18-30(23)19-21-9-5-3-6-10-21;/h3-12,17-18H,2,13-16,19-20H2,1H3,(H2,26,28,29);1H. The topological polar surface area (TPSA) is 54.2 Å². The summed E-state index contributed by atoms with van der Waals surface area (Å²) in [6, 6.07) is 21.3. The molecule has 0 aliphatic heterocycles. The number of halogens is 1. The van der Waals surface area contributed by atoms with Crippen LogP contribution in [0.4, 0.5) is 0 Å². The van der Waals surface area contributed by atoms with E-state index in [0.717, 1.165) is 44.4 Å². The molecule has 1 saturated carbocycles. The van der Waals surface area contributed by atoms with Gasteiger partial charge in [0.25, 0.3) is 0 Å². The molecule has 1 aliphatic rings. The molecule has 0 bridgehead atoms. The number of aromatic nitrogens is 2. The van der Waals surface area contributed by atoms with E-state index in [0.29, 0.717) is 0 Å². The van der Waals surface area contributed by atoms with Gasteiger partial charge >= 0.3 is 0 Å². The Kier molecular flexibility index (Phi) is 8.51. The maximum atomic E-state index is 4.90. The number of nitrogens with zero attached hydrogens (tertiary/aromatic N) is 3. The minimum atomic E-state index is 0. The highest BCUT2D eigenvalue weighted by molar-refractivity contribution is 14.0. The van der Waals surface area contributed by atoms with E-state index < -0.39 is 0 Å². The highest BCUT2D eigenvalue weighted by Crippen LogP contribution is 2.48. The minimum Gasteiger partial charge on any atom is -0.357 e. The first-order valence-electron chi connectivity index (χ1n) is 10.9. The van der Waals surface area contributed by atoms with E-state index in [4.69, 9.17) is 4.99 Å². The molecule has 1 aromatic heterocycles.